The number of halogens is 2. The van der Waals surface area contributed by atoms with Gasteiger partial charge in [0, 0.05) is 29.2 Å². The van der Waals surface area contributed by atoms with Crippen LogP contribution in [-0.4, -0.2) is 63.7 Å². The third kappa shape index (κ3) is 7.66. The summed E-state index contributed by atoms with van der Waals surface area (Å²) in [6.07, 6.45) is 1.01. The Morgan fingerprint density at radius 1 is 1.03 bits per heavy atom. The van der Waals surface area contributed by atoms with E-state index in [1.807, 2.05) is 13.8 Å². The van der Waals surface area contributed by atoms with Crippen molar-refractivity contribution >= 4 is 50.7 Å². The topological polar surface area (TPSA) is 105 Å². The zero-order chi connectivity index (χ0) is 27.3. The molecule has 37 heavy (non-hydrogen) atoms. The number of sulfonamides is 1. The third-order valence-corrected chi connectivity index (χ3v) is 7.43. The number of nitrogens with one attached hydrogen (secondary N) is 1. The molecule has 1 atom stereocenters. The fraction of sp³-hybridized carbons (Fsp3) is 0.440. The average molecular weight is 573 g/mol. The lowest BCUT2D eigenvalue weighted by Gasteiger charge is -2.32. The van der Waals surface area contributed by atoms with Gasteiger partial charge in [0.2, 0.25) is 21.8 Å². The Bertz CT molecular complexity index is 1250. The number of nitrogens with zero attached hydrogens (tertiary/aromatic N) is 2. The van der Waals surface area contributed by atoms with Gasteiger partial charge in [-0.15, -0.1) is 0 Å². The smallest absolute Gasteiger partial charge is 0.244 e. The molecule has 3 rings (SSSR count). The molecule has 1 aliphatic rings. The van der Waals surface area contributed by atoms with Crippen molar-refractivity contribution in [3.8, 4) is 11.5 Å². The molecule has 9 nitrogen and oxygen atoms in total. The van der Waals surface area contributed by atoms with Crippen LogP contribution in [0.4, 0.5) is 5.69 Å². The van der Waals surface area contributed by atoms with Crippen LogP contribution in [0, 0.1) is 5.92 Å². The van der Waals surface area contributed by atoms with Gasteiger partial charge in [0.25, 0.3) is 0 Å². The SMILES string of the molecule is CC(C)CNC(=O)[C@@H](C)N(Cc1ccc(Cl)cc1Cl)C(=O)CN(c1ccc2c(c1)OCCO2)S(C)(=O)=O. The molecule has 1 aliphatic heterocycles. The summed E-state index contributed by atoms with van der Waals surface area (Å²) in [7, 11) is -3.88. The molecule has 2 aromatic carbocycles. The second-order valence-corrected chi connectivity index (χ2v) is 11.9. The minimum Gasteiger partial charge on any atom is -0.486 e. The van der Waals surface area contributed by atoms with Crippen LogP contribution in [0.3, 0.4) is 0 Å². The van der Waals surface area contributed by atoms with Crippen molar-refractivity contribution in [1.82, 2.24) is 10.2 Å². The molecule has 0 fully saturated rings. The van der Waals surface area contributed by atoms with Gasteiger partial charge in [0.1, 0.15) is 25.8 Å². The van der Waals surface area contributed by atoms with Gasteiger partial charge in [-0.1, -0.05) is 43.1 Å². The number of carbonyl (C=O) groups is 2. The first-order chi connectivity index (χ1) is 17.4. The van der Waals surface area contributed by atoms with Crippen LogP contribution in [0.1, 0.15) is 26.3 Å². The normalized spacial score (nSPS) is 13.7. The molecule has 0 saturated heterocycles. The van der Waals surface area contributed by atoms with Gasteiger partial charge in [0.05, 0.1) is 11.9 Å². The molecule has 2 amide bonds. The van der Waals surface area contributed by atoms with Crippen molar-refractivity contribution in [2.45, 2.75) is 33.4 Å². The Balaban J connectivity index is 1.92. The standard InChI is InChI=1S/C25H31Cl2N3O6S/c1-16(2)13-28-25(32)17(3)29(14-18-5-6-19(26)11-21(18)27)24(31)15-30(37(4,33)34)20-7-8-22-23(12-20)36-10-9-35-22/h5-8,11-12,16-17H,9-10,13-15H2,1-4H3,(H,28,32)/t17-/m1/s1. The summed E-state index contributed by atoms with van der Waals surface area (Å²) in [5, 5.41) is 3.58. The van der Waals surface area contributed by atoms with E-state index in [-0.39, 0.29) is 24.1 Å². The summed E-state index contributed by atoms with van der Waals surface area (Å²) in [6.45, 7) is 6.09. The predicted molar refractivity (Wildman–Crippen MR) is 144 cm³/mol. The van der Waals surface area contributed by atoms with E-state index in [4.69, 9.17) is 32.7 Å². The first-order valence-electron chi connectivity index (χ1n) is 11.7. The van der Waals surface area contributed by atoms with Crippen molar-refractivity contribution in [1.29, 1.82) is 0 Å². The van der Waals surface area contributed by atoms with Gasteiger partial charge in [-0.3, -0.25) is 13.9 Å². The van der Waals surface area contributed by atoms with Crippen molar-refractivity contribution < 1.29 is 27.5 Å². The maximum absolute atomic E-state index is 13.6. The first-order valence-corrected chi connectivity index (χ1v) is 14.4. The van der Waals surface area contributed by atoms with Gasteiger partial charge in [-0.2, -0.15) is 0 Å². The van der Waals surface area contributed by atoms with Crippen LogP contribution in [0.15, 0.2) is 36.4 Å². The number of carbonyl (C=O) groups excluding carboxylic acids is 2. The van der Waals surface area contributed by atoms with E-state index in [1.165, 1.54) is 11.0 Å². The highest BCUT2D eigenvalue weighted by molar-refractivity contribution is 7.92. The quantitative estimate of drug-likeness (QED) is 0.466. The largest absolute Gasteiger partial charge is 0.486 e. The van der Waals surface area contributed by atoms with Crippen molar-refractivity contribution in [2.75, 3.05) is 36.9 Å². The number of anilines is 1. The van der Waals surface area contributed by atoms with Gasteiger partial charge in [-0.05, 0) is 42.7 Å². The molecule has 2 aromatic rings. The summed E-state index contributed by atoms with van der Waals surface area (Å²) in [5.41, 5.74) is 0.801. The highest BCUT2D eigenvalue weighted by Gasteiger charge is 2.31. The fourth-order valence-electron chi connectivity index (χ4n) is 3.67. The Kier molecular flexibility index (Phi) is 9.55. The van der Waals surface area contributed by atoms with Crippen molar-refractivity contribution in [3.63, 3.8) is 0 Å². The maximum atomic E-state index is 13.6. The Morgan fingerprint density at radius 2 is 1.70 bits per heavy atom. The zero-order valence-corrected chi connectivity index (χ0v) is 23.5. The van der Waals surface area contributed by atoms with E-state index in [1.54, 1.807) is 37.3 Å². The number of ether oxygens (including phenoxy) is 2. The molecule has 0 unspecified atom stereocenters. The van der Waals surface area contributed by atoms with Gasteiger partial charge < -0.3 is 19.7 Å². The lowest BCUT2D eigenvalue weighted by Crippen LogP contribution is -2.51. The predicted octanol–water partition coefficient (Wildman–Crippen LogP) is 3.72. The number of hydrogen-bond donors (Lipinski definition) is 1. The van der Waals surface area contributed by atoms with E-state index in [0.717, 1.165) is 10.6 Å². The van der Waals surface area contributed by atoms with E-state index in [2.05, 4.69) is 5.32 Å². The third-order valence-electron chi connectivity index (χ3n) is 5.70. The van der Waals surface area contributed by atoms with Crippen LogP contribution in [-0.2, 0) is 26.2 Å². The monoisotopic (exact) mass is 571 g/mol. The van der Waals surface area contributed by atoms with Crippen LogP contribution in [0.2, 0.25) is 10.0 Å². The van der Waals surface area contributed by atoms with Crippen LogP contribution < -0.4 is 19.1 Å². The molecule has 12 heteroatoms. The second kappa shape index (κ2) is 12.2. The van der Waals surface area contributed by atoms with E-state index in [0.29, 0.717) is 46.9 Å². The minimum absolute atomic E-state index is 0.0240. The number of rotatable bonds is 10. The Hall–Kier alpha value is -2.69. The van der Waals surface area contributed by atoms with Crippen LogP contribution in [0.5, 0.6) is 11.5 Å². The molecular weight excluding hydrogens is 541 g/mol. The van der Waals surface area contributed by atoms with Crippen molar-refractivity contribution in [3.05, 3.63) is 52.0 Å². The number of amides is 2. The first kappa shape index (κ1) is 28.9. The van der Waals surface area contributed by atoms with Gasteiger partial charge >= 0.3 is 0 Å². The molecule has 1 heterocycles. The minimum atomic E-state index is -3.88. The van der Waals surface area contributed by atoms with Gasteiger partial charge in [0.15, 0.2) is 11.5 Å². The highest BCUT2D eigenvalue weighted by atomic mass is 35.5. The molecule has 0 saturated carbocycles. The van der Waals surface area contributed by atoms with Gasteiger partial charge in [-0.25, -0.2) is 8.42 Å². The van der Waals surface area contributed by atoms with Crippen LogP contribution >= 0.6 is 23.2 Å². The molecule has 0 radical (unpaired) electrons. The van der Waals surface area contributed by atoms with Crippen LogP contribution in [0.25, 0.3) is 0 Å². The summed E-state index contributed by atoms with van der Waals surface area (Å²) in [5.74, 6) is 0.137. The average Bonchev–Trinajstić information content (AvgIpc) is 2.83. The molecule has 202 valence electrons. The molecular formula is C25H31Cl2N3O6S. The molecule has 1 N–H and O–H groups in total. The molecule has 0 bridgehead atoms. The molecule has 0 spiro atoms. The summed E-state index contributed by atoms with van der Waals surface area (Å²) in [6, 6.07) is 8.59. The maximum Gasteiger partial charge on any atom is 0.244 e. The molecule has 0 aliphatic carbocycles. The number of hydrogen-bond acceptors (Lipinski definition) is 6. The number of benzene rings is 2. The highest BCUT2D eigenvalue weighted by Crippen LogP contribution is 2.35. The summed E-state index contributed by atoms with van der Waals surface area (Å²) >= 11 is 12.4. The molecule has 0 aromatic heterocycles. The zero-order valence-electron chi connectivity index (χ0n) is 21.2. The summed E-state index contributed by atoms with van der Waals surface area (Å²) < 4.78 is 37.6. The lowest BCUT2D eigenvalue weighted by molar-refractivity contribution is -0.139. The Labute approximate surface area is 227 Å². The summed E-state index contributed by atoms with van der Waals surface area (Å²) in [4.78, 5) is 27.9. The van der Waals surface area contributed by atoms with E-state index >= 15 is 0 Å². The van der Waals surface area contributed by atoms with E-state index < -0.39 is 28.5 Å². The van der Waals surface area contributed by atoms with Crippen molar-refractivity contribution in [2.24, 2.45) is 5.92 Å². The fourth-order valence-corrected chi connectivity index (χ4v) is 4.98. The lowest BCUT2D eigenvalue weighted by atomic mass is 10.1. The Morgan fingerprint density at radius 3 is 2.32 bits per heavy atom. The number of fused-ring (bicyclic) bond motifs is 1. The van der Waals surface area contributed by atoms with E-state index in [9.17, 15) is 18.0 Å². The second-order valence-electron chi connectivity index (χ2n) is 9.17.